The Bertz CT molecular complexity index is 1160. The van der Waals surface area contributed by atoms with Gasteiger partial charge in [0.1, 0.15) is 16.9 Å². The lowest BCUT2D eigenvalue weighted by atomic mass is 9.98. The number of nitrogens with zero attached hydrogens (tertiary/aromatic N) is 4. The van der Waals surface area contributed by atoms with Gasteiger partial charge in [-0.1, -0.05) is 12.1 Å². The summed E-state index contributed by atoms with van der Waals surface area (Å²) in [6.45, 7) is 0.226. The van der Waals surface area contributed by atoms with Crippen molar-refractivity contribution < 1.29 is 18.3 Å². The average molecular weight is 421 g/mol. The fourth-order valence-corrected chi connectivity index (χ4v) is 3.66. The molecular formula is C20H22F3N5O2. The van der Waals surface area contributed by atoms with Gasteiger partial charge in [0.05, 0.1) is 12.6 Å². The zero-order valence-electron chi connectivity index (χ0n) is 16.8. The summed E-state index contributed by atoms with van der Waals surface area (Å²) in [5.41, 5.74) is -0.327. The maximum absolute atomic E-state index is 15.0. The van der Waals surface area contributed by atoms with Crippen LogP contribution in [0.5, 0.6) is 0 Å². The molecule has 0 bridgehead atoms. The standard InChI is InChI=1S/C20H22F3N5O2/c1-20(22,23)11-6-7-12(13(21)8-11)16(10-4-5-10)28-17-15(14(9-29)26-28)18(30)25-19(24-17)27(2)3/h6-8,10,16,29H,4-5,9H2,1-3H3,(H,24,25,30)/t16-/m0/s1. The summed E-state index contributed by atoms with van der Waals surface area (Å²) in [5, 5.41) is 14.2. The number of aromatic amines is 1. The van der Waals surface area contributed by atoms with Gasteiger partial charge < -0.3 is 10.0 Å². The molecule has 3 aromatic rings. The summed E-state index contributed by atoms with van der Waals surface area (Å²) in [6.07, 6.45) is 1.60. The summed E-state index contributed by atoms with van der Waals surface area (Å²) in [4.78, 5) is 21.3. The van der Waals surface area contributed by atoms with Crippen LogP contribution in [0.15, 0.2) is 23.0 Å². The predicted molar refractivity (Wildman–Crippen MR) is 105 cm³/mol. The van der Waals surface area contributed by atoms with Gasteiger partial charge in [-0.2, -0.15) is 10.1 Å². The Morgan fingerprint density at radius 1 is 1.37 bits per heavy atom. The number of anilines is 1. The van der Waals surface area contributed by atoms with E-state index in [1.807, 2.05) is 0 Å². The smallest absolute Gasteiger partial charge is 0.270 e. The van der Waals surface area contributed by atoms with Crippen molar-refractivity contribution in [2.75, 3.05) is 19.0 Å². The van der Waals surface area contributed by atoms with Crippen molar-refractivity contribution in [1.29, 1.82) is 0 Å². The number of alkyl halides is 2. The molecule has 0 unspecified atom stereocenters. The number of aromatic nitrogens is 4. The topological polar surface area (TPSA) is 87.0 Å². The highest BCUT2D eigenvalue weighted by molar-refractivity contribution is 5.78. The largest absolute Gasteiger partial charge is 0.390 e. The van der Waals surface area contributed by atoms with Gasteiger partial charge in [0.2, 0.25) is 5.95 Å². The number of fused-ring (bicyclic) bond motifs is 1. The highest BCUT2D eigenvalue weighted by Gasteiger charge is 2.38. The van der Waals surface area contributed by atoms with Crippen LogP contribution in [0, 0.1) is 11.7 Å². The second kappa shape index (κ2) is 7.12. The monoisotopic (exact) mass is 421 g/mol. The van der Waals surface area contributed by atoms with Crippen molar-refractivity contribution >= 4 is 17.0 Å². The third-order valence-electron chi connectivity index (χ3n) is 5.35. The van der Waals surface area contributed by atoms with Crippen LogP contribution in [0.25, 0.3) is 11.0 Å². The first kappa shape index (κ1) is 20.4. The number of nitrogens with one attached hydrogen (secondary N) is 1. The second-order valence-electron chi connectivity index (χ2n) is 7.94. The summed E-state index contributed by atoms with van der Waals surface area (Å²) in [5.74, 6) is -3.62. The molecule has 10 heteroatoms. The number of aliphatic hydroxyl groups is 1. The highest BCUT2D eigenvalue weighted by atomic mass is 19.3. The lowest BCUT2D eigenvalue weighted by Crippen LogP contribution is -2.21. The summed E-state index contributed by atoms with van der Waals surface area (Å²) >= 11 is 0. The van der Waals surface area contributed by atoms with E-state index in [4.69, 9.17) is 0 Å². The fourth-order valence-electron chi connectivity index (χ4n) is 3.66. The van der Waals surface area contributed by atoms with Gasteiger partial charge in [-0.25, -0.2) is 17.9 Å². The van der Waals surface area contributed by atoms with Crippen LogP contribution < -0.4 is 10.5 Å². The fraction of sp³-hybridized carbons (Fsp3) is 0.450. The molecule has 0 amide bonds. The molecule has 0 saturated heterocycles. The number of hydrogen-bond acceptors (Lipinski definition) is 5. The summed E-state index contributed by atoms with van der Waals surface area (Å²) in [7, 11) is 3.42. The third kappa shape index (κ3) is 3.45. The van der Waals surface area contributed by atoms with E-state index in [0.717, 1.165) is 18.9 Å². The number of hydrogen-bond donors (Lipinski definition) is 2. The zero-order chi connectivity index (χ0) is 21.8. The quantitative estimate of drug-likeness (QED) is 0.639. The van der Waals surface area contributed by atoms with E-state index < -0.39 is 35.5 Å². The Hall–Kier alpha value is -2.88. The van der Waals surface area contributed by atoms with Crippen molar-refractivity contribution in [3.05, 3.63) is 51.2 Å². The van der Waals surface area contributed by atoms with Crippen LogP contribution >= 0.6 is 0 Å². The number of aliphatic hydroxyl groups excluding tert-OH is 1. The molecule has 1 atom stereocenters. The molecule has 0 spiro atoms. The van der Waals surface area contributed by atoms with Gasteiger partial charge >= 0.3 is 0 Å². The van der Waals surface area contributed by atoms with E-state index >= 15 is 0 Å². The number of benzene rings is 1. The van der Waals surface area contributed by atoms with Crippen LogP contribution in [0.4, 0.5) is 19.1 Å². The van der Waals surface area contributed by atoms with Gasteiger partial charge in [0, 0.05) is 32.1 Å². The Kier molecular flexibility index (Phi) is 4.84. The molecule has 0 aliphatic heterocycles. The highest BCUT2D eigenvalue weighted by Crippen LogP contribution is 2.45. The van der Waals surface area contributed by atoms with E-state index in [1.165, 1.54) is 16.8 Å². The van der Waals surface area contributed by atoms with Gasteiger partial charge in [-0.05, 0) is 24.8 Å². The van der Waals surface area contributed by atoms with Crippen LogP contribution in [0.1, 0.15) is 42.6 Å². The molecule has 1 aromatic carbocycles. The van der Waals surface area contributed by atoms with Crippen LogP contribution in [0.3, 0.4) is 0 Å². The number of rotatable bonds is 6. The first-order valence-corrected chi connectivity index (χ1v) is 9.59. The molecule has 1 fully saturated rings. The van der Waals surface area contributed by atoms with E-state index in [9.17, 15) is 23.1 Å². The first-order chi connectivity index (χ1) is 14.1. The molecule has 0 radical (unpaired) electrons. The van der Waals surface area contributed by atoms with Crippen LogP contribution in [-0.2, 0) is 12.5 Å². The molecule has 4 rings (SSSR count). The molecule has 7 nitrogen and oxygen atoms in total. The van der Waals surface area contributed by atoms with E-state index in [-0.39, 0.29) is 34.2 Å². The second-order valence-corrected chi connectivity index (χ2v) is 7.94. The van der Waals surface area contributed by atoms with Crippen molar-refractivity contribution in [3.63, 3.8) is 0 Å². The molecule has 160 valence electrons. The minimum absolute atomic E-state index is 0.0195. The number of halogens is 3. The van der Waals surface area contributed by atoms with Crippen molar-refractivity contribution in [2.45, 2.75) is 38.3 Å². The predicted octanol–water partition coefficient (Wildman–Crippen LogP) is 2.93. The SMILES string of the molecule is CN(C)c1nc2c(c(CO)nn2[C@H](c2ccc(C(C)(F)F)cc2F)C2CC2)c(=O)[nH]1. The van der Waals surface area contributed by atoms with Gasteiger partial charge in [-0.15, -0.1) is 0 Å². The Morgan fingerprint density at radius 3 is 2.60 bits per heavy atom. The zero-order valence-corrected chi connectivity index (χ0v) is 16.8. The Labute approximate surface area is 170 Å². The van der Waals surface area contributed by atoms with Crippen LogP contribution in [-0.4, -0.2) is 39.0 Å². The van der Waals surface area contributed by atoms with E-state index in [2.05, 4.69) is 15.1 Å². The molecule has 2 heterocycles. The molecule has 2 N–H and O–H groups in total. The minimum Gasteiger partial charge on any atom is -0.390 e. The van der Waals surface area contributed by atoms with Crippen LogP contribution in [0.2, 0.25) is 0 Å². The van der Waals surface area contributed by atoms with Gasteiger partial charge in [0.25, 0.3) is 11.5 Å². The molecule has 1 saturated carbocycles. The molecule has 2 aromatic heterocycles. The van der Waals surface area contributed by atoms with Crippen molar-refractivity contribution in [1.82, 2.24) is 19.7 Å². The lowest BCUT2D eigenvalue weighted by molar-refractivity contribution is 0.0171. The maximum Gasteiger partial charge on any atom is 0.270 e. The normalized spacial score (nSPS) is 15.6. The lowest BCUT2D eigenvalue weighted by Gasteiger charge is -2.21. The van der Waals surface area contributed by atoms with Crippen molar-refractivity contribution in [2.24, 2.45) is 5.92 Å². The van der Waals surface area contributed by atoms with Gasteiger partial charge in [0.15, 0.2) is 5.65 Å². The van der Waals surface area contributed by atoms with Gasteiger partial charge in [-0.3, -0.25) is 9.78 Å². The third-order valence-corrected chi connectivity index (χ3v) is 5.35. The molecule has 30 heavy (non-hydrogen) atoms. The first-order valence-electron chi connectivity index (χ1n) is 9.59. The molecular weight excluding hydrogens is 399 g/mol. The summed E-state index contributed by atoms with van der Waals surface area (Å²) in [6, 6.07) is 2.76. The van der Waals surface area contributed by atoms with Crippen molar-refractivity contribution in [3.8, 4) is 0 Å². The van der Waals surface area contributed by atoms with E-state index in [0.29, 0.717) is 6.92 Å². The van der Waals surface area contributed by atoms with E-state index in [1.54, 1.807) is 19.0 Å². The Morgan fingerprint density at radius 2 is 2.07 bits per heavy atom. The molecule has 1 aliphatic rings. The average Bonchev–Trinajstić information content (AvgIpc) is 3.43. The minimum atomic E-state index is -3.16. The number of H-pyrrole nitrogens is 1. The molecule has 1 aliphatic carbocycles. The maximum atomic E-state index is 15.0. The Balaban J connectivity index is 1.94. The summed E-state index contributed by atoms with van der Waals surface area (Å²) < 4.78 is 43.6.